The molecule has 3 rings (SSSR count). The highest BCUT2D eigenvalue weighted by atomic mass is 16.6. The van der Waals surface area contributed by atoms with E-state index in [1.165, 1.54) is 38.4 Å². The number of carbonyl (C=O) groups excluding carboxylic acids is 4. The predicted octanol–water partition coefficient (Wildman–Crippen LogP) is -1.15. The van der Waals surface area contributed by atoms with Crippen LogP contribution >= 0.6 is 0 Å². The van der Waals surface area contributed by atoms with E-state index in [0.717, 1.165) is 0 Å². The van der Waals surface area contributed by atoms with Gasteiger partial charge in [0.25, 0.3) is 5.91 Å². The first kappa shape index (κ1) is 27.5. The second-order valence-corrected chi connectivity index (χ2v) is 8.53. The molecule has 6 atom stereocenters. The summed E-state index contributed by atoms with van der Waals surface area (Å²) in [7, 11) is 0. The van der Waals surface area contributed by atoms with E-state index in [1.54, 1.807) is 18.3 Å². The summed E-state index contributed by atoms with van der Waals surface area (Å²) in [6.45, 7) is 1.73. The zero-order chi connectivity index (χ0) is 27.1. The Morgan fingerprint density at radius 2 is 1.84 bits per heavy atom. The normalized spacial score (nSPS) is 27.1. The quantitative estimate of drug-likeness (QED) is 0.301. The van der Waals surface area contributed by atoms with Crippen LogP contribution in [0.15, 0.2) is 42.9 Å². The van der Waals surface area contributed by atoms with Crippen LogP contribution in [0.25, 0.3) is 0 Å². The Kier molecular flexibility index (Phi) is 9.09. The van der Waals surface area contributed by atoms with Crippen LogP contribution in [0.4, 0.5) is 0 Å². The van der Waals surface area contributed by atoms with Gasteiger partial charge in [-0.2, -0.15) is 0 Å². The van der Waals surface area contributed by atoms with Crippen molar-refractivity contribution >= 4 is 23.8 Å². The Morgan fingerprint density at radius 1 is 1.11 bits per heavy atom. The third kappa shape index (κ3) is 6.77. The molecule has 3 heterocycles. The van der Waals surface area contributed by atoms with E-state index in [-0.39, 0.29) is 12.1 Å². The average Bonchev–Trinajstić information content (AvgIpc) is 2.88. The van der Waals surface area contributed by atoms with Gasteiger partial charge < -0.3 is 35.4 Å². The molecule has 0 bridgehead atoms. The largest absolute Gasteiger partial charge is 0.505 e. The smallest absolute Gasteiger partial charge is 0.350 e. The second-order valence-electron chi connectivity index (χ2n) is 8.53. The first-order valence-corrected chi connectivity index (χ1v) is 11.5. The van der Waals surface area contributed by atoms with Gasteiger partial charge in [0.05, 0.1) is 24.7 Å². The fourth-order valence-corrected chi connectivity index (χ4v) is 3.70. The molecule has 13 nitrogen and oxygen atoms in total. The molecule has 0 radical (unpaired) electrons. The number of ether oxygens (including phenoxy) is 2. The van der Waals surface area contributed by atoms with Crippen molar-refractivity contribution in [1.82, 2.24) is 20.6 Å². The van der Waals surface area contributed by atoms with E-state index in [4.69, 9.17) is 9.47 Å². The van der Waals surface area contributed by atoms with Crippen LogP contribution in [0.2, 0.25) is 0 Å². The Labute approximate surface area is 211 Å². The number of esters is 2. The minimum Gasteiger partial charge on any atom is -0.505 e. The van der Waals surface area contributed by atoms with Gasteiger partial charge in [-0.05, 0) is 44.0 Å². The Morgan fingerprint density at radius 3 is 2.49 bits per heavy atom. The number of aliphatic hydroxyl groups is 2. The Bertz CT molecular complexity index is 1130. The van der Waals surface area contributed by atoms with E-state index >= 15 is 0 Å². The van der Waals surface area contributed by atoms with Crippen molar-refractivity contribution in [3.8, 4) is 5.75 Å². The topological polar surface area (TPSA) is 197 Å². The molecule has 13 heteroatoms. The first-order chi connectivity index (χ1) is 17.6. The molecule has 2 aromatic rings. The number of nitrogens with zero attached hydrogens (tertiary/aromatic N) is 2. The average molecular weight is 517 g/mol. The summed E-state index contributed by atoms with van der Waals surface area (Å²) in [6.07, 6.45) is -0.157. The van der Waals surface area contributed by atoms with Gasteiger partial charge >= 0.3 is 11.9 Å². The summed E-state index contributed by atoms with van der Waals surface area (Å²) in [5.74, 6) is -5.60. The molecule has 1 unspecified atom stereocenters. The molecule has 0 spiro atoms. The third-order valence-electron chi connectivity index (χ3n) is 5.83. The van der Waals surface area contributed by atoms with Gasteiger partial charge in [-0.3, -0.25) is 19.4 Å². The van der Waals surface area contributed by atoms with Crippen LogP contribution in [0.5, 0.6) is 5.75 Å². The number of amides is 2. The third-order valence-corrected chi connectivity index (χ3v) is 5.83. The number of carbonyl (C=O) groups is 4. The minimum atomic E-state index is -1.72. The molecule has 2 aromatic heterocycles. The highest BCUT2D eigenvalue weighted by Crippen LogP contribution is 2.18. The van der Waals surface area contributed by atoms with Gasteiger partial charge in [0.2, 0.25) is 12.0 Å². The fourth-order valence-electron chi connectivity index (χ4n) is 3.70. The van der Waals surface area contributed by atoms with Crippen LogP contribution in [-0.2, 0) is 30.3 Å². The number of pyridine rings is 2. The highest BCUT2D eigenvalue weighted by Gasteiger charge is 2.40. The summed E-state index contributed by atoms with van der Waals surface area (Å²) in [5, 5.41) is 35.5. The SMILES string of the molecule is C[C@H]1OC(=O)C(CO)OC(=O)[C@H](C)[C@H](O)[C@H](Cc2cccnc2)NC(=O)[C@H]1NC(=O)c1ncccc1O. The zero-order valence-corrected chi connectivity index (χ0v) is 20.1. The number of hydrogen-bond acceptors (Lipinski definition) is 11. The fraction of sp³-hybridized carbons (Fsp3) is 0.417. The van der Waals surface area contributed by atoms with Crippen molar-refractivity contribution < 1.29 is 44.0 Å². The summed E-state index contributed by atoms with van der Waals surface area (Å²) in [5.41, 5.74) is 0.258. The molecule has 0 saturated carbocycles. The summed E-state index contributed by atoms with van der Waals surface area (Å²) in [4.78, 5) is 59.2. The Hall–Kier alpha value is -4.10. The highest BCUT2D eigenvalue weighted by molar-refractivity contribution is 5.98. The van der Waals surface area contributed by atoms with E-state index in [9.17, 15) is 34.5 Å². The van der Waals surface area contributed by atoms with Crippen molar-refractivity contribution in [3.05, 3.63) is 54.1 Å². The van der Waals surface area contributed by atoms with Crippen LogP contribution < -0.4 is 10.6 Å². The van der Waals surface area contributed by atoms with Gasteiger partial charge in [-0.1, -0.05) is 6.07 Å². The van der Waals surface area contributed by atoms with Crippen molar-refractivity contribution in [2.75, 3.05) is 6.61 Å². The van der Waals surface area contributed by atoms with Gasteiger partial charge in [0.15, 0.2) is 5.69 Å². The molecular formula is C24H28N4O9. The van der Waals surface area contributed by atoms with Crippen molar-refractivity contribution in [3.63, 3.8) is 0 Å². The number of aromatic nitrogens is 2. The van der Waals surface area contributed by atoms with Crippen molar-refractivity contribution in [2.24, 2.45) is 5.92 Å². The lowest BCUT2D eigenvalue weighted by Gasteiger charge is -2.32. The molecule has 37 heavy (non-hydrogen) atoms. The lowest BCUT2D eigenvalue weighted by atomic mass is 9.92. The van der Waals surface area contributed by atoms with Gasteiger partial charge in [0.1, 0.15) is 17.9 Å². The van der Waals surface area contributed by atoms with Gasteiger partial charge in [-0.25, -0.2) is 9.78 Å². The molecule has 1 fully saturated rings. The second kappa shape index (κ2) is 12.2. The number of hydrogen-bond donors (Lipinski definition) is 5. The molecule has 0 aromatic carbocycles. The Balaban J connectivity index is 1.97. The van der Waals surface area contributed by atoms with Crippen LogP contribution in [0.1, 0.15) is 29.9 Å². The van der Waals surface area contributed by atoms with Crippen LogP contribution in [0.3, 0.4) is 0 Å². The molecule has 1 aliphatic rings. The lowest BCUT2D eigenvalue weighted by Crippen LogP contribution is -2.59. The number of cyclic esters (lactones) is 2. The summed E-state index contributed by atoms with van der Waals surface area (Å²) in [6, 6.07) is 3.42. The van der Waals surface area contributed by atoms with E-state index < -0.39 is 72.4 Å². The zero-order valence-electron chi connectivity index (χ0n) is 20.1. The number of aromatic hydroxyl groups is 1. The van der Waals surface area contributed by atoms with E-state index in [0.29, 0.717) is 5.56 Å². The molecule has 1 saturated heterocycles. The number of nitrogens with one attached hydrogen (secondary N) is 2. The summed E-state index contributed by atoms with van der Waals surface area (Å²) < 4.78 is 10.3. The standard InChI is InChI=1S/C24H28N4O9/c1-12-20(31)15(9-14-5-3-7-25-10-14)27-21(32)18(28-22(33)19-16(30)6-4-8-26-19)13(2)36-24(35)17(11-29)37-23(12)34/h3-8,10,12-13,15,17-18,20,29-31H,9,11H2,1-2H3,(H,27,32)(H,28,33)/t12-,13-,15+,17?,18+,20+/m1/s1. The summed E-state index contributed by atoms with van der Waals surface area (Å²) >= 11 is 0. The van der Waals surface area contributed by atoms with Gasteiger partial charge in [0, 0.05) is 18.6 Å². The first-order valence-electron chi connectivity index (χ1n) is 11.5. The van der Waals surface area contributed by atoms with Gasteiger partial charge in [-0.15, -0.1) is 0 Å². The minimum absolute atomic E-state index is 0.0532. The van der Waals surface area contributed by atoms with Crippen molar-refractivity contribution in [2.45, 2.75) is 50.7 Å². The number of rotatable bonds is 5. The molecule has 198 valence electrons. The maximum atomic E-state index is 13.4. The molecular weight excluding hydrogens is 488 g/mol. The van der Waals surface area contributed by atoms with Crippen LogP contribution in [-0.4, -0.2) is 86.0 Å². The predicted molar refractivity (Wildman–Crippen MR) is 125 cm³/mol. The van der Waals surface area contributed by atoms with Crippen molar-refractivity contribution in [1.29, 1.82) is 0 Å². The van der Waals surface area contributed by atoms with E-state index in [2.05, 4.69) is 20.6 Å². The maximum Gasteiger partial charge on any atom is 0.350 e. The maximum absolute atomic E-state index is 13.4. The van der Waals surface area contributed by atoms with E-state index in [1.807, 2.05) is 0 Å². The molecule has 0 aliphatic carbocycles. The lowest BCUT2D eigenvalue weighted by molar-refractivity contribution is -0.179. The monoisotopic (exact) mass is 516 g/mol. The number of aliphatic hydroxyl groups excluding tert-OH is 2. The molecule has 2 amide bonds. The molecule has 5 N–H and O–H groups in total. The van der Waals surface area contributed by atoms with Crippen LogP contribution in [0, 0.1) is 5.92 Å². The molecule has 1 aliphatic heterocycles.